The summed E-state index contributed by atoms with van der Waals surface area (Å²) >= 11 is 0. The largest absolute Gasteiger partial charge is 0.0848 e. The molecule has 2 bridgehead atoms. The maximum atomic E-state index is 2.58. The molecule has 19 heavy (non-hydrogen) atoms. The van der Waals surface area contributed by atoms with Crippen LogP contribution in [0, 0.1) is 41.4 Å². The van der Waals surface area contributed by atoms with Crippen molar-refractivity contribution in [2.24, 2.45) is 41.4 Å². The molecule has 0 N–H and O–H groups in total. The van der Waals surface area contributed by atoms with Crippen LogP contribution in [0.3, 0.4) is 0 Å². The highest BCUT2D eigenvalue weighted by molar-refractivity contribution is 5.16. The molecule has 7 unspecified atom stereocenters. The van der Waals surface area contributed by atoms with Crippen molar-refractivity contribution in [3.8, 4) is 0 Å². The lowest BCUT2D eigenvalue weighted by Crippen LogP contribution is -2.43. The highest BCUT2D eigenvalue weighted by Crippen LogP contribution is 2.61. The molecule has 0 spiro atoms. The van der Waals surface area contributed by atoms with Crippen molar-refractivity contribution in [1.82, 2.24) is 0 Å². The van der Waals surface area contributed by atoms with E-state index in [-0.39, 0.29) is 0 Å². The average Bonchev–Trinajstić information content (AvgIpc) is 3.08. The van der Waals surface area contributed by atoms with Gasteiger partial charge in [0.05, 0.1) is 0 Å². The number of hydrogen-bond acceptors (Lipinski definition) is 0. The molecule has 0 radical (unpaired) electrons. The van der Waals surface area contributed by atoms with Crippen LogP contribution in [-0.4, -0.2) is 0 Å². The lowest BCUT2D eigenvalue weighted by Gasteiger charge is -2.50. The summed E-state index contributed by atoms with van der Waals surface area (Å²) in [5, 5.41) is 0. The van der Waals surface area contributed by atoms with Crippen LogP contribution in [0.2, 0.25) is 0 Å². The van der Waals surface area contributed by atoms with Crippen LogP contribution in [0.25, 0.3) is 0 Å². The minimum Gasteiger partial charge on any atom is -0.0848 e. The van der Waals surface area contributed by atoms with Crippen molar-refractivity contribution >= 4 is 0 Å². The van der Waals surface area contributed by atoms with E-state index in [9.17, 15) is 0 Å². The predicted octanol–water partition coefficient (Wildman–Crippen LogP) is 5.69. The summed E-state index contributed by atoms with van der Waals surface area (Å²) in [5.74, 6) is 7.47. The summed E-state index contributed by atoms with van der Waals surface area (Å²) < 4.78 is 0. The van der Waals surface area contributed by atoms with Gasteiger partial charge in [0.1, 0.15) is 0 Å². The summed E-state index contributed by atoms with van der Waals surface area (Å²) in [6.07, 6.45) is 15.9. The highest BCUT2D eigenvalue weighted by atomic mass is 14.6. The van der Waals surface area contributed by atoms with Gasteiger partial charge in [-0.15, -0.1) is 0 Å². The fraction of sp³-hybridized carbons (Fsp3) is 0.895. The van der Waals surface area contributed by atoms with E-state index in [1.165, 1.54) is 25.7 Å². The molecule has 0 saturated heterocycles. The molecule has 0 amide bonds. The molecule has 4 aliphatic carbocycles. The maximum absolute atomic E-state index is 2.58. The van der Waals surface area contributed by atoms with Gasteiger partial charge in [-0.2, -0.15) is 0 Å². The third kappa shape index (κ3) is 2.10. The first-order chi connectivity index (χ1) is 9.38. The average molecular weight is 260 g/mol. The first-order valence-corrected chi connectivity index (χ1v) is 9.06. The van der Waals surface area contributed by atoms with E-state index in [0.717, 1.165) is 41.4 Å². The van der Waals surface area contributed by atoms with E-state index in [2.05, 4.69) is 19.1 Å². The van der Waals surface area contributed by atoms with Gasteiger partial charge in [0.2, 0.25) is 0 Å². The summed E-state index contributed by atoms with van der Waals surface area (Å²) in [5.41, 5.74) is 0. The van der Waals surface area contributed by atoms with E-state index in [4.69, 9.17) is 0 Å². The smallest absolute Gasteiger partial charge is 0.0194 e. The van der Waals surface area contributed by atoms with Crippen LogP contribution < -0.4 is 0 Å². The SMILES string of the molecule is CC.CCC1C2CCCCC2CC2C3C=CC(C3)C21. The molecule has 0 aromatic heterocycles. The van der Waals surface area contributed by atoms with Gasteiger partial charge in [0.15, 0.2) is 0 Å². The number of allylic oxidation sites excluding steroid dienone is 2. The molecule has 0 heterocycles. The summed E-state index contributed by atoms with van der Waals surface area (Å²) in [6, 6.07) is 0. The molecule has 4 aliphatic rings. The fourth-order valence-electron chi connectivity index (χ4n) is 6.23. The Morgan fingerprint density at radius 1 is 0.895 bits per heavy atom. The number of rotatable bonds is 1. The Labute approximate surface area is 120 Å². The van der Waals surface area contributed by atoms with E-state index in [1.54, 1.807) is 19.3 Å². The molecule has 0 nitrogen and oxygen atoms in total. The van der Waals surface area contributed by atoms with Crippen molar-refractivity contribution in [2.45, 2.75) is 65.7 Å². The zero-order valence-corrected chi connectivity index (χ0v) is 13.1. The minimum absolute atomic E-state index is 0.984. The number of hydrogen-bond donors (Lipinski definition) is 0. The zero-order chi connectivity index (χ0) is 13.4. The Kier molecular flexibility index (Phi) is 4.06. The quantitative estimate of drug-likeness (QED) is 0.531. The third-order valence-electron chi connectivity index (χ3n) is 6.75. The first kappa shape index (κ1) is 13.7. The fourth-order valence-corrected chi connectivity index (χ4v) is 6.23. The second kappa shape index (κ2) is 5.62. The number of fused-ring (bicyclic) bond motifs is 6. The minimum atomic E-state index is 0.984. The Bertz CT molecular complexity index is 329. The van der Waals surface area contributed by atoms with E-state index < -0.39 is 0 Å². The van der Waals surface area contributed by atoms with Gasteiger partial charge in [-0.3, -0.25) is 0 Å². The van der Waals surface area contributed by atoms with Crippen molar-refractivity contribution in [3.05, 3.63) is 12.2 Å². The van der Waals surface area contributed by atoms with Crippen molar-refractivity contribution in [3.63, 3.8) is 0 Å². The van der Waals surface area contributed by atoms with Crippen LogP contribution in [0.15, 0.2) is 12.2 Å². The van der Waals surface area contributed by atoms with Gasteiger partial charge in [-0.1, -0.05) is 58.6 Å². The van der Waals surface area contributed by atoms with Crippen LogP contribution in [0.4, 0.5) is 0 Å². The Hall–Kier alpha value is -0.260. The molecule has 3 fully saturated rings. The van der Waals surface area contributed by atoms with E-state index in [1.807, 2.05) is 13.8 Å². The second-order valence-corrected chi connectivity index (χ2v) is 7.21. The molecule has 0 heteroatoms. The topological polar surface area (TPSA) is 0 Å². The normalized spacial score (nSPS) is 50.2. The Balaban J connectivity index is 0.000000528. The second-order valence-electron chi connectivity index (χ2n) is 7.21. The standard InChI is InChI=1S/C17H26.C2H6/c1-2-14-15-6-4-3-5-11(15)10-16-12-7-8-13(9-12)17(14)16;1-2/h7-8,11-17H,2-6,9-10H2,1H3;1-2H3. The van der Waals surface area contributed by atoms with Gasteiger partial charge < -0.3 is 0 Å². The van der Waals surface area contributed by atoms with Gasteiger partial charge in [-0.05, 0) is 60.7 Å². The van der Waals surface area contributed by atoms with E-state index >= 15 is 0 Å². The molecule has 0 aromatic rings. The predicted molar refractivity (Wildman–Crippen MR) is 82.9 cm³/mol. The monoisotopic (exact) mass is 260 g/mol. The highest BCUT2D eigenvalue weighted by Gasteiger charge is 2.53. The van der Waals surface area contributed by atoms with Crippen LogP contribution >= 0.6 is 0 Å². The molecular weight excluding hydrogens is 228 g/mol. The van der Waals surface area contributed by atoms with Crippen LogP contribution in [0.1, 0.15) is 65.7 Å². The van der Waals surface area contributed by atoms with Crippen molar-refractivity contribution < 1.29 is 0 Å². The van der Waals surface area contributed by atoms with E-state index in [0.29, 0.717) is 0 Å². The Morgan fingerprint density at radius 3 is 2.42 bits per heavy atom. The molecule has 108 valence electrons. The zero-order valence-electron chi connectivity index (χ0n) is 13.1. The van der Waals surface area contributed by atoms with Crippen molar-refractivity contribution in [1.29, 1.82) is 0 Å². The maximum Gasteiger partial charge on any atom is -0.0194 e. The molecular formula is C19H32. The third-order valence-corrected chi connectivity index (χ3v) is 6.75. The van der Waals surface area contributed by atoms with Gasteiger partial charge >= 0.3 is 0 Å². The van der Waals surface area contributed by atoms with Crippen molar-refractivity contribution in [2.75, 3.05) is 0 Å². The molecule has 7 atom stereocenters. The molecule has 0 aromatic carbocycles. The Morgan fingerprint density at radius 2 is 1.63 bits per heavy atom. The van der Waals surface area contributed by atoms with Gasteiger partial charge in [0.25, 0.3) is 0 Å². The van der Waals surface area contributed by atoms with Crippen LogP contribution in [-0.2, 0) is 0 Å². The lowest BCUT2D eigenvalue weighted by molar-refractivity contribution is 0.00270. The van der Waals surface area contributed by atoms with Gasteiger partial charge in [0, 0.05) is 0 Å². The molecule has 4 rings (SSSR count). The lowest BCUT2D eigenvalue weighted by atomic mass is 9.55. The molecule has 3 saturated carbocycles. The summed E-state index contributed by atoms with van der Waals surface area (Å²) in [7, 11) is 0. The summed E-state index contributed by atoms with van der Waals surface area (Å²) in [6.45, 7) is 6.47. The first-order valence-electron chi connectivity index (χ1n) is 9.06. The van der Waals surface area contributed by atoms with Gasteiger partial charge in [-0.25, -0.2) is 0 Å². The van der Waals surface area contributed by atoms with Crippen LogP contribution in [0.5, 0.6) is 0 Å². The summed E-state index contributed by atoms with van der Waals surface area (Å²) in [4.78, 5) is 0. The molecule has 0 aliphatic heterocycles.